The highest BCUT2D eigenvalue weighted by atomic mass is 16.5. The highest BCUT2D eigenvalue weighted by molar-refractivity contribution is 4.85. The quantitative estimate of drug-likeness (QED) is 0.499. The average molecular weight is 115 g/mol. The monoisotopic (exact) mass is 115 g/mol. The van der Waals surface area contributed by atoms with Crippen LogP contribution in [0, 0.1) is 0 Å². The van der Waals surface area contributed by atoms with Crippen LogP contribution in [0.3, 0.4) is 0 Å². The van der Waals surface area contributed by atoms with Crippen molar-refractivity contribution in [2.75, 3.05) is 21.2 Å². The first-order chi connectivity index (χ1) is 3.72. The molecule has 0 amide bonds. The van der Waals surface area contributed by atoms with Crippen LogP contribution < -0.4 is 0 Å². The number of nitrogens with zero attached hydrogens (tertiary/aromatic N) is 1. The van der Waals surface area contributed by atoms with Crippen molar-refractivity contribution in [3.05, 3.63) is 12.0 Å². The van der Waals surface area contributed by atoms with E-state index in [4.69, 9.17) is 4.74 Å². The predicted molar refractivity (Wildman–Crippen MR) is 34.5 cm³/mol. The Morgan fingerprint density at radius 3 is 2.00 bits per heavy atom. The minimum atomic E-state index is 0.894. The molecule has 48 valence electrons. The Kier molecular flexibility index (Phi) is 3.08. The summed E-state index contributed by atoms with van der Waals surface area (Å²) in [6.45, 7) is 1.94. The van der Waals surface area contributed by atoms with Gasteiger partial charge in [0.05, 0.1) is 7.11 Å². The molecule has 0 aliphatic rings. The molecule has 0 radical (unpaired) electrons. The third-order valence-corrected chi connectivity index (χ3v) is 0.897. The number of ether oxygens (including phenoxy) is 1. The smallest absolute Gasteiger partial charge is 0.183 e. The first kappa shape index (κ1) is 7.34. The molecule has 0 rings (SSSR count). The maximum atomic E-state index is 4.95. The Balaban J connectivity index is 3.72. The molecule has 0 aromatic carbocycles. The summed E-state index contributed by atoms with van der Waals surface area (Å²) in [6, 6.07) is 0. The number of allylic oxidation sites excluding steroid dienone is 1. The van der Waals surface area contributed by atoms with E-state index in [9.17, 15) is 0 Å². The number of rotatable bonds is 2. The maximum Gasteiger partial charge on any atom is 0.183 e. The Labute approximate surface area is 50.7 Å². The lowest BCUT2D eigenvalue weighted by molar-refractivity contribution is 0.193. The van der Waals surface area contributed by atoms with Crippen LogP contribution in [0.2, 0.25) is 0 Å². The van der Waals surface area contributed by atoms with Crippen molar-refractivity contribution >= 4 is 0 Å². The normalized spacial score (nSPS) is 11.2. The van der Waals surface area contributed by atoms with E-state index in [1.54, 1.807) is 7.11 Å². The van der Waals surface area contributed by atoms with E-state index in [1.165, 1.54) is 0 Å². The fourth-order valence-corrected chi connectivity index (χ4v) is 0.559. The molecule has 2 nitrogen and oxygen atoms in total. The highest BCUT2D eigenvalue weighted by Crippen LogP contribution is 1.95. The Morgan fingerprint density at radius 2 is 2.00 bits per heavy atom. The second-order valence-electron chi connectivity index (χ2n) is 1.73. The molecule has 0 unspecified atom stereocenters. The summed E-state index contributed by atoms with van der Waals surface area (Å²) >= 11 is 0. The minimum Gasteiger partial charge on any atom is -0.483 e. The minimum absolute atomic E-state index is 0.894. The largest absolute Gasteiger partial charge is 0.483 e. The molecule has 0 aromatic rings. The number of hydrogen-bond acceptors (Lipinski definition) is 2. The van der Waals surface area contributed by atoms with Gasteiger partial charge >= 0.3 is 0 Å². The zero-order valence-electron chi connectivity index (χ0n) is 5.93. The highest BCUT2D eigenvalue weighted by Gasteiger charge is 1.91. The summed E-state index contributed by atoms with van der Waals surface area (Å²) in [5.74, 6) is 0.894. The summed E-state index contributed by atoms with van der Waals surface area (Å²) in [5.41, 5.74) is 0. The van der Waals surface area contributed by atoms with Crippen LogP contribution in [-0.2, 0) is 4.74 Å². The topological polar surface area (TPSA) is 12.5 Å². The molecular formula is C6H13NO. The van der Waals surface area contributed by atoms with Gasteiger partial charge in [-0.3, -0.25) is 0 Å². The van der Waals surface area contributed by atoms with Gasteiger partial charge in [-0.1, -0.05) is 0 Å². The molecule has 0 heterocycles. The van der Waals surface area contributed by atoms with Crippen LogP contribution in [0.25, 0.3) is 0 Å². The van der Waals surface area contributed by atoms with Crippen LogP contribution >= 0.6 is 0 Å². The number of methoxy groups -OCH3 is 1. The predicted octanol–water partition coefficient (Wildman–Crippen LogP) is 1.06. The van der Waals surface area contributed by atoms with Crippen molar-refractivity contribution in [2.45, 2.75) is 6.92 Å². The SMILES string of the molecule is C/C=C(/OC)N(C)C. The van der Waals surface area contributed by atoms with E-state index >= 15 is 0 Å². The fraction of sp³-hybridized carbons (Fsp3) is 0.667. The van der Waals surface area contributed by atoms with Crippen LogP contribution in [0.15, 0.2) is 12.0 Å². The molecule has 0 aromatic heterocycles. The van der Waals surface area contributed by atoms with Crippen molar-refractivity contribution in [2.24, 2.45) is 0 Å². The van der Waals surface area contributed by atoms with Crippen LogP contribution in [0.5, 0.6) is 0 Å². The van der Waals surface area contributed by atoms with E-state index in [2.05, 4.69) is 0 Å². The van der Waals surface area contributed by atoms with Crippen molar-refractivity contribution < 1.29 is 4.74 Å². The molecule has 0 aliphatic heterocycles. The second kappa shape index (κ2) is 3.36. The van der Waals surface area contributed by atoms with Gasteiger partial charge in [-0.05, 0) is 13.0 Å². The summed E-state index contributed by atoms with van der Waals surface area (Å²) < 4.78 is 4.95. The van der Waals surface area contributed by atoms with Gasteiger partial charge < -0.3 is 9.64 Å². The molecule has 0 fully saturated rings. The van der Waals surface area contributed by atoms with Gasteiger partial charge in [0.25, 0.3) is 0 Å². The van der Waals surface area contributed by atoms with Crippen LogP contribution in [-0.4, -0.2) is 26.1 Å². The third-order valence-electron chi connectivity index (χ3n) is 0.897. The maximum absolute atomic E-state index is 4.95. The molecule has 0 saturated heterocycles. The first-order valence-electron chi connectivity index (χ1n) is 2.60. The van der Waals surface area contributed by atoms with Crippen molar-refractivity contribution in [1.82, 2.24) is 4.90 Å². The van der Waals surface area contributed by atoms with Crippen LogP contribution in [0.1, 0.15) is 6.92 Å². The standard InChI is InChI=1S/C6H13NO/c1-5-6(8-4)7(2)3/h5H,1-4H3/b6-5+. The second-order valence-corrected chi connectivity index (χ2v) is 1.73. The van der Waals surface area contributed by atoms with Gasteiger partial charge in [0.15, 0.2) is 5.88 Å². The summed E-state index contributed by atoms with van der Waals surface area (Å²) in [4.78, 5) is 1.92. The van der Waals surface area contributed by atoms with Gasteiger partial charge in [-0.25, -0.2) is 0 Å². The zero-order valence-corrected chi connectivity index (χ0v) is 5.93. The van der Waals surface area contributed by atoms with Gasteiger partial charge in [-0.15, -0.1) is 0 Å². The molecule has 0 atom stereocenters. The van der Waals surface area contributed by atoms with Gasteiger partial charge in [-0.2, -0.15) is 0 Å². The number of hydrogen-bond donors (Lipinski definition) is 0. The summed E-state index contributed by atoms with van der Waals surface area (Å²) in [7, 11) is 5.55. The molecule has 0 aliphatic carbocycles. The Morgan fingerprint density at radius 1 is 1.50 bits per heavy atom. The molecule has 0 bridgehead atoms. The lowest BCUT2D eigenvalue weighted by Crippen LogP contribution is -2.11. The van der Waals surface area contributed by atoms with Crippen molar-refractivity contribution in [3.63, 3.8) is 0 Å². The van der Waals surface area contributed by atoms with E-state index in [1.807, 2.05) is 32.0 Å². The van der Waals surface area contributed by atoms with Gasteiger partial charge in [0.2, 0.25) is 0 Å². The van der Waals surface area contributed by atoms with E-state index in [-0.39, 0.29) is 0 Å². The molecule has 0 N–H and O–H groups in total. The molecule has 0 saturated carbocycles. The van der Waals surface area contributed by atoms with Crippen LogP contribution in [0.4, 0.5) is 0 Å². The van der Waals surface area contributed by atoms with E-state index in [0.29, 0.717) is 0 Å². The Bertz CT molecular complexity index is 86.5. The lowest BCUT2D eigenvalue weighted by Gasteiger charge is -2.13. The first-order valence-corrected chi connectivity index (χ1v) is 2.60. The summed E-state index contributed by atoms with van der Waals surface area (Å²) in [6.07, 6.45) is 1.92. The van der Waals surface area contributed by atoms with E-state index in [0.717, 1.165) is 5.88 Å². The van der Waals surface area contributed by atoms with Gasteiger partial charge in [0, 0.05) is 14.1 Å². The fourth-order valence-electron chi connectivity index (χ4n) is 0.559. The van der Waals surface area contributed by atoms with E-state index < -0.39 is 0 Å². The lowest BCUT2D eigenvalue weighted by atomic mass is 10.6. The van der Waals surface area contributed by atoms with Crippen molar-refractivity contribution in [1.29, 1.82) is 0 Å². The third kappa shape index (κ3) is 1.87. The van der Waals surface area contributed by atoms with Crippen molar-refractivity contribution in [3.8, 4) is 0 Å². The molecule has 0 spiro atoms. The van der Waals surface area contributed by atoms with Gasteiger partial charge in [0.1, 0.15) is 0 Å². The molecule has 8 heavy (non-hydrogen) atoms. The Hall–Kier alpha value is -0.660. The summed E-state index contributed by atoms with van der Waals surface area (Å²) in [5, 5.41) is 0. The molecular weight excluding hydrogens is 102 g/mol. The average Bonchev–Trinajstić information content (AvgIpc) is 1.69. The zero-order chi connectivity index (χ0) is 6.57. The molecule has 2 heteroatoms.